The number of rotatable bonds is 3. The lowest BCUT2D eigenvalue weighted by Crippen LogP contribution is -2.27. The molecule has 100 valence electrons. The van der Waals surface area contributed by atoms with Crippen LogP contribution in [-0.2, 0) is 0 Å². The highest BCUT2D eigenvalue weighted by Crippen LogP contribution is 2.41. The van der Waals surface area contributed by atoms with Crippen molar-refractivity contribution in [1.82, 2.24) is 5.32 Å². The largest absolute Gasteiger partial charge is 0.496 e. The number of hydrogen-bond donors (Lipinski definition) is 1. The van der Waals surface area contributed by atoms with Crippen LogP contribution in [-0.4, -0.2) is 20.8 Å². The molecule has 0 radical (unpaired) electrons. The first-order valence-corrected chi connectivity index (χ1v) is 6.71. The maximum Gasteiger partial charge on any atom is 0.144 e. The molecular formula is C14H20ClNO2. The second kappa shape index (κ2) is 5.81. The summed E-state index contributed by atoms with van der Waals surface area (Å²) in [5.41, 5.74) is 2.11. The van der Waals surface area contributed by atoms with Crippen LogP contribution < -0.4 is 14.8 Å². The topological polar surface area (TPSA) is 30.5 Å². The monoisotopic (exact) mass is 269 g/mol. The molecule has 1 heterocycles. The molecule has 1 unspecified atom stereocenters. The number of benzene rings is 1. The summed E-state index contributed by atoms with van der Waals surface area (Å²) in [4.78, 5) is 0. The van der Waals surface area contributed by atoms with Crippen LogP contribution in [0.2, 0.25) is 5.02 Å². The van der Waals surface area contributed by atoms with Crippen LogP contribution in [0.3, 0.4) is 0 Å². The Labute approximate surface area is 113 Å². The first-order chi connectivity index (χ1) is 8.69. The molecule has 4 heteroatoms. The van der Waals surface area contributed by atoms with E-state index >= 15 is 0 Å². The van der Waals surface area contributed by atoms with Crippen molar-refractivity contribution in [1.29, 1.82) is 0 Å². The summed E-state index contributed by atoms with van der Waals surface area (Å²) in [5, 5.41) is 4.17. The van der Waals surface area contributed by atoms with Crippen molar-refractivity contribution in [2.75, 3.05) is 20.8 Å². The summed E-state index contributed by atoms with van der Waals surface area (Å²) in [6, 6.07) is 2.30. The second-order valence-corrected chi connectivity index (χ2v) is 5.05. The van der Waals surface area contributed by atoms with Crippen LogP contribution in [0, 0.1) is 6.92 Å². The van der Waals surface area contributed by atoms with Crippen molar-refractivity contribution in [3.05, 3.63) is 22.2 Å². The van der Waals surface area contributed by atoms with Crippen LogP contribution in [0.15, 0.2) is 6.07 Å². The lowest BCUT2D eigenvalue weighted by molar-refractivity contribution is 0.363. The van der Waals surface area contributed by atoms with E-state index in [0.717, 1.165) is 29.8 Å². The van der Waals surface area contributed by atoms with Crippen molar-refractivity contribution in [2.45, 2.75) is 32.2 Å². The SMILES string of the molecule is COc1c(Cl)cc(C2CCCCN2)c(OC)c1C. The summed E-state index contributed by atoms with van der Waals surface area (Å²) in [6.07, 6.45) is 3.60. The van der Waals surface area contributed by atoms with Crippen molar-refractivity contribution in [3.63, 3.8) is 0 Å². The molecule has 1 aliphatic heterocycles. The molecule has 1 N–H and O–H groups in total. The maximum atomic E-state index is 6.27. The lowest BCUT2D eigenvalue weighted by Gasteiger charge is -2.27. The van der Waals surface area contributed by atoms with Crippen LogP contribution in [0.5, 0.6) is 11.5 Å². The van der Waals surface area contributed by atoms with Crippen molar-refractivity contribution in [2.24, 2.45) is 0 Å². The predicted molar refractivity (Wildman–Crippen MR) is 73.9 cm³/mol. The second-order valence-electron chi connectivity index (χ2n) is 4.64. The Morgan fingerprint density at radius 2 is 1.94 bits per heavy atom. The number of hydrogen-bond acceptors (Lipinski definition) is 3. The summed E-state index contributed by atoms with van der Waals surface area (Å²) >= 11 is 6.27. The average molecular weight is 270 g/mol. The van der Waals surface area contributed by atoms with E-state index in [1.165, 1.54) is 12.8 Å². The van der Waals surface area contributed by atoms with Gasteiger partial charge in [0.1, 0.15) is 11.5 Å². The summed E-state index contributed by atoms with van der Waals surface area (Å²) in [6.45, 7) is 3.03. The van der Waals surface area contributed by atoms with Gasteiger partial charge in [-0.05, 0) is 32.4 Å². The van der Waals surface area contributed by atoms with Gasteiger partial charge in [-0.3, -0.25) is 0 Å². The molecule has 1 aromatic carbocycles. The van der Waals surface area contributed by atoms with Gasteiger partial charge in [-0.15, -0.1) is 0 Å². The van der Waals surface area contributed by atoms with Crippen molar-refractivity contribution < 1.29 is 9.47 Å². The minimum atomic E-state index is 0.329. The van der Waals surface area contributed by atoms with Gasteiger partial charge in [0.15, 0.2) is 0 Å². The number of piperidine rings is 1. The van der Waals surface area contributed by atoms with Crippen molar-refractivity contribution in [3.8, 4) is 11.5 Å². The smallest absolute Gasteiger partial charge is 0.144 e. The number of halogens is 1. The van der Waals surface area contributed by atoms with E-state index in [1.54, 1.807) is 14.2 Å². The van der Waals surface area contributed by atoms with E-state index in [2.05, 4.69) is 5.32 Å². The molecular weight excluding hydrogens is 250 g/mol. The molecule has 1 atom stereocenters. The Morgan fingerprint density at radius 3 is 2.50 bits per heavy atom. The Bertz CT molecular complexity index is 428. The van der Waals surface area contributed by atoms with Gasteiger partial charge in [-0.1, -0.05) is 18.0 Å². The Balaban J connectivity index is 2.45. The molecule has 1 fully saturated rings. The fraction of sp³-hybridized carbons (Fsp3) is 0.571. The van der Waals surface area contributed by atoms with Crippen LogP contribution >= 0.6 is 11.6 Å². The van der Waals surface area contributed by atoms with Crippen LogP contribution in [0.1, 0.15) is 36.4 Å². The van der Waals surface area contributed by atoms with Gasteiger partial charge in [0.2, 0.25) is 0 Å². The number of methoxy groups -OCH3 is 2. The first kappa shape index (κ1) is 13.5. The maximum absolute atomic E-state index is 6.27. The van der Waals surface area contributed by atoms with Gasteiger partial charge in [0.05, 0.1) is 19.2 Å². The first-order valence-electron chi connectivity index (χ1n) is 6.33. The Hall–Kier alpha value is -0.930. The van der Waals surface area contributed by atoms with Crippen LogP contribution in [0.25, 0.3) is 0 Å². The van der Waals surface area contributed by atoms with Crippen LogP contribution in [0.4, 0.5) is 0 Å². The molecule has 0 amide bonds. The molecule has 0 aromatic heterocycles. The van der Waals surface area contributed by atoms with E-state index in [-0.39, 0.29) is 0 Å². The molecule has 1 aliphatic rings. The lowest BCUT2D eigenvalue weighted by atomic mass is 9.95. The normalized spacial score (nSPS) is 19.7. The van der Waals surface area contributed by atoms with E-state index in [9.17, 15) is 0 Å². The minimum Gasteiger partial charge on any atom is -0.496 e. The van der Waals surface area contributed by atoms with Gasteiger partial charge in [-0.25, -0.2) is 0 Å². The molecule has 0 aliphatic carbocycles. The van der Waals surface area contributed by atoms with E-state index in [1.807, 2.05) is 13.0 Å². The quantitative estimate of drug-likeness (QED) is 0.911. The number of ether oxygens (including phenoxy) is 2. The fourth-order valence-electron chi connectivity index (χ4n) is 2.66. The molecule has 0 bridgehead atoms. The van der Waals surface area contributed by atoms with Crippen molar-refractivity contribution >= 4 is 11.6 Å². The summed E-state index contributed by atoms with van der Waals surface area (Å²) in [7, 11) is 3.33. The third-order valence-electron chi connectivity index (χ3n) is 3.54. The zero-order chi connectivity index (χ0) is 13.1. The van der Waals surface area contributed by atoms with Gasteiger partial charge in [0, 0.05) is 17.2 Å². The molecule has 1 saturated heterocycles. The Kier molecular flexibility index (Phi) is 4.36. The highest BCUT2D eigenvalue weighted by Gasteiger charge is 2.23. The van der Waals surface area contributed by atoms with Gasteiger partial charge < -0.3 is 14.8 Å². The molecule has 0 spiro atoms. The van der Waals surface area contributed by atoms with E-state index in [0.29, 0.717) is 16.8 Å². The molecule has 3 nitrogen and oxygen atoms in total. The van der Waals surface area contributed by atoms with Gasteiger partial charge in [0.25, 0.3) is 0 Å². The van der Waals surface area contributed by atoms with E-state index in [4.69, 9.17) is 21.1 Å². The fourth-order valence-corrected chi connectivity index (χ4v) is 3.00. The minimum absolute atomic E-state index is 0.329. The highest BCUT2D eigenvalue weighted by molar-refractivity contribution is 6.32. The Morgan fingerprint density at radius 1 is 1.22 bits per heavy atom. The molecule has 2 rings (SSSR count). The third-order valence-corrected chi connectivity index (χ3v) is 3.82. The summed E-state index contributed by atoms with van der Waals surface area (Å²) < 4.78 is 10.9. The van der Waals surface area contributed by atoms with E-state index < -0.39 is 0 Å². The molecule has 1 aromatic rings. The average Bonchev–Trinajstić information content (AvgIpc) is 2.39. The molecule has 18 heavy (non-hydrogen) atoms. The van der Waals surface area contributed by atoms with Gasteiger partial charge in [-0.2, -0.15) is 0 Å². The summed E-state index contributed by atoms with van der Waals surface area (Å²) in [5.74, 6) is 1.59. The highest BCUT2D eigenvalue weighted by atomic mass is 35.5. The standard InChI is InChI=1S/C14H20ClNO2/c1-9-13(17-2)10(8-11(15)14(9)18-3)12-6-4-5-7-16-12/h8,12,16H,4-7H2,1-3H3. The number of nitrogens with one attached hydrogen (secondary N) is 1. The third kappa shape index (κ3) is 2.43. The van der Waals surface area contributed by atoms with Gasteiger partial charge >= 0.3 is 0 Å². The predicted octanol–water partition coefficient (Wildman–Crippen LogP) is 3.48. The zero-order valence-electron chi connectivity index (χ0n) is 11.2. The zero-order valence-corrected chi connectivity index (χ0v) is 11.9. The molecule has 0 saturated carbocycles.